The molecule has 8 heteroatoms. The lowest BCUT2D eigenvalue weighted by Crippen LogP contribution is -2.19. The summed E-state index contributed by atoms with van der Waals surface area (Å²) < 4.78 is 46.9. The number of alkyl halides is 3. The van der Waals surface area contributed by atoms with Gasteiger partial charge in [-0.2, -0.15) is 13.2 Å². The highest BCUT2D eigenvalue weighted by Gasteiger charge is 2.28. The molecule has 0 aliphatic carbocycles. The summed E-state index contributed by atoms with van der Waals surface area (Å²) in [5.74, 6) is 1.19. The Hall–Kier alpha value is -2.87. The number of hydrogen-bond donors (Lipinski definition) is 1. The number of halogens is 3. The zero-order chi connectivity index (χ0) is 20.0. The summed E-state index contributed by atoms with van der Waals surface area (Å²) in [6.45, 7) is 1.02. The number of hydrogen-bond acceptors (Lipinski definition) is 5. The first-order chi connectivity index (χ1) is 13.4. The molecule has 0 aliphatic rings. The smallest absolute Gasteiger partial charge is 0.422 e. The molecule has 148 valence electrons. The first kappa shape index (κ1) is 19.9. The second-order valence-electron chi connectivity index (χ2n) is 6.33. The summed E-state index contributed by atoms with van der Waals surface area (Å²) in [6, 6.07) is 16.3. The first-order valence-corrected chi connectivity index (χ1v) is 8.77. The molecule has 0 bridgehead atoms. The fourth-order valence-corrected chi connectivity index (χ4v) is 2.58. The van der Waals surface area contributed by atoms with Gasteiger partial charge in [0.1, 0.15) is 5.75 Å². The summed E-state index contributed by atoms with van der Waals surface area (Å²) in [5, 5.41) is 11.3. The van der Waals surface area contributed by atoms with Gasteiger partial charge >= 0.3 is 6.18 Å². The van der Waals surface area contributed by atoms with Crippen LogP contribution in [0.4, 0.5) is 13.2 Å². The highest BCUT2D eigenvalue weighted by molar-refractivity contribution is 5.29. The molecule has 3 rings (SSSR count). The molecule has 1 atom stereocenters. The van der Waals surface area contributed by atoms with E-state index in [-0.39, 0.29) is 11.8 Å². The van der Waals surface area contributed by atoms with Crippen LogP contribution in [0.1, 0.15) is 35.9 Å². The van der Waals surface area contributed by atoms with Crippen LogP contribution < -0.4 is 10.1 Å². The molecule has 1 N–H and O–H groups in total. The Balaban J connectivity index is 1.49. The van der Waals surface area contributed by atoms with Crippen LogP contribution in [-0.2, 0) is 13.0 Å². The predicted molar refractivity (Wildman–Crippen MR) is 96.8 cm³/mol. The Kier molecular flexibility index (Phi) is 6.30. The van der Waals surface area contributed by atoms with Crippen molar-refractivity contribution in [1.29, 1.82) is 0 Å². The van der Waals surface area contributed by atoms with Gasteiger partial charge in [0.2, 0.25) is 11.8 Å². The van der Waals surface area contributed by atoms with Gasteiger partial charge in [0.15, 0.2) is 6.61 Å². The zero-order valence-electron chi connectivity index (χ0n) is 15.2. The van der Waals surface area contributed by atoms with Gasteiger partial charge in [-0.15, -0.1) is 10.2 Å². The van der Waals surface area contributed by atoms with Crippen molar-refractivity contribution < 1.29 is 22.3 Å². The molecular formula is C20H20F3N3O2. The molecule has 2 aromatic carbocycles. The highest BCUT2D eigenvalue weighted by atomic mass is 19.4. The van der Waals surface area contributed by atoms with Crippen LogP contribution in [0.25, 0.3) is 0 Å². The molecule has 3 aromatic rings. The van der Waals surface area contributed by atoms with E-state index in [1.54, 1.807) is 12.1 Å². The van der Waals surface area contributed by atoms with E-state index < -0.39 is 12.8 Å². The van der Waals surface area contributed by atoms with Crippen molar-refractivity contribution in [3.8, 4) is 5.75 Å². The second-order valence-corrected chi connectivity index (χ2v) is 6.33. The Bertz CT molecular complexity index is 864. The molecular weight excluding hydrogens is 371 g/mol. The van der Waals surface area contributed by atoms with E-state index in [2.05, 4.69) is 15.5 Å². The van der Waals surface area contributed by atoms with E-state index in [4.69, 9.17) is 9.15 Å². The first-order valence-electron chi connectivity index (χ1n) is 8.77. The molecule has 28 heavy (non-hydrogen) atoms. The van der Waals surface area contributed by atoms with Crippen molar-refractivity contribution in [3.63, 3.8) is 0 Å². The zero-order valence-corrected chi connectivity index (χ0v) is 15.2. The van der Waals surface area contributed by atoms with Crippen molar-refractivity contribution in [3.05, 3.63) is 77.5 Å². The van der Waals surface area contributed by atoms with E-state index in [0.717, 1.165) is 11.1 Å². The summed E-state index contributed by atoms with van der Waals surface area (Å²) in [7, 11) is 0. The number of nitrogens with one attached hydrogen (secondary N) is 1. The number of nitrogens with zero attached hydrogens (tertiary/aromatic N) is 2. The quantitative estimate of drug-likeness (QED) is 0.615. The van der Waals surface area contributed by atoms with Crippen molar-refractivity contribution in [2.24, 2.45) is 0 Å². The van der Waals surface area contributed by atoms with Crippen molar-refractivity contribution >= 4 is 0 Å². The summed E-state index contributed by atoms with van der Waals surface area (Å²) in [6.07, 6.45) is -3.78. The average molecular weight is 391 g/mol. The van der Waals surface area contributed by atoms with Crippen LogP contribution in [0, 0.1) is 0 Å². The van der Waals surface area contributed by atoms with Crippen LogP contribution in [-0.4, -0.2) is 23.0 Å². The minimum absolute atomic E-state index is 0.0545. The van der Waals surface area contributed by atoms with E-state index in [9.17, 15) is 13.2 Å². The molecule has 0 saturated heterocycles. The van der Waals surface area contributed by atoms with Gasteiger partial charge in [-0.1, -0.05) is 42.5 Å². The van der Waals surface area contributed by atoms with Gasteiger partial charge in [0.25, 0.3) is 0 Å². The topological polar surface area (TPSA) is 60.2 Å². The van der Waals surface area contributed by atoms with Crippen molar-refractivity contribution in [1.82, 2.24) is 15.5 Å². The van der Waals surface area contributed by atoms with Gasteiger partial charge in [0.05, 0.1) is 13.0 Å². The van der Waals surface area contributed by atoms with Gasteiger partial charge in [-0.25, -0.2) is 0 Å². The molecule has 0 fully saturated rings. The largest absolute Gasteiger partial charge is 0.484 e. The maximum absolute atomic E-state index is 12.2. The van der Waals surface area contributed by atoms with Crippen LogP contribution in [0.5, 0.6) is 5.75 Å². The van der Waals surface area contributed by atoms with E-state index in [0.29, 0.717) is 24.7 Å². The lowest BCUT2D eigenvalue weighted by atomic mass is 10.1. The number of aromatic nitrogens is 2. The summed E-state index contributed by atoms with van der Waals surface area (Å²) >= 11 is 0. The third-order valence-corrected chi connectivity index (χ3v) is 4.05. The number of rotatable bonds is 8. The Morgan fingerprint density at radius 3 is 2.36 bits per heavy atom. The molecule has 0 amide bonds. The van der Waals surface area contributed by atoms with E-state index in [1.807, 2.05) is 37.3 Å². The molecule has 1 heterocycles. The third-order valence-electron chi connectivity index (χ3n) is 4.05. The highest BCUT2D eigenvalue weighted by Crippen LogP contribution is 2.21. The lowest BCUT2D eigenvalue weighted by molar-refractivity contribution is -0.153. The maximum Gasteiger partial charge on any atom is 0.422 e. The molecule has 0 spiro atoms. The van der Waals surface area contributed by atoms with Crippen LogP contribution in [0.2, 0.25) is 0 Å². The Morgan fingerprint density at radius 1 is 1.00 bits per heavy atom. The average Bonchev–Trinajstić information content (AvgIpc) is 3.12. The molecule has 0 aliphatic heterocycles. The standard InChI is InChI=1S/C20H20F3N3O2/c1-14(16-7-9-17(10-8-16)27-13-20(21,22)23)24-12-19-26-25-18(28-19)11-15-5-3-2-4-6-15/h2-10,14,24H,11-13H2,1H3. The SMILES string of the molecule is CC(NCc1nnc(Cc2ccccc2)o1)c1ccc(OCC(F)(F)F)cc1. The van der Waals surface area contributed by atoms with Crippen molar-refractivity contribution in [2.75, 3.05) is 6.61 Å². The monoisotopic (exact) mass is 391 g/mol. The van der Waals surface area contributed by atoms with E-state index >= 15 is 0 Å². The van der Waals surface area contributed by atoms with E-state index in [1.165, 1.54) is 12.1 Å². The third kappa shape index (κ3) is 6.09. The van der Waals surface area contributed by atoms with Gasteiger partial charge < -0.3 is 14.5 Å². The van der Waals surface area contributed by atoms with Crippen LogP contribution in [0.3, 0.4) is 0 Å². The van der Waals surface area contributed by atoms with Crippen LogP contribution >= 0.6 is 0 Å². The molecule has 0 saturated carbocycles. The molecule has 1 aromatic heterocycles. The molecule has 0 radical (unpaired) electrons. The minimum Gasteiger partial charge on any atom is -0.484 e. The van der Waals surface area contributed by atoms with Gasteiger partial charge in [0, 0.05) is 6.04 Å². The van der Waals surface area contributed by atoms with Crippen LogP contribution in [0.15, 0.2) is 59.0 Å². The van der Waals surface area contributed by atoms with Crippen molar-refractivity contribution in [2.45, 2.75) is 32.1 Å². The Morgan fingerprint density at radius 2 is 1.68 bits per heavy atom. The second kappa shape index (κ2) is 8.88. The fourth-order valence-electron chi connectivity index (χ4n) is 2.58. The van der Waals surface area contributed by atoms with Gasteiger partial charge in [-0.05, 0) is 30.2 Å². The Labute approximate surface area is 160 Å². The van der Waals surface area contributed by atoms with Gasteiger partial charge in [-0.3, -0.25) is 0 Å². The predicted octanol–water partition coefficient (Wildman–Crippen LogP) is 4.45. The molecule has 1 unspecified atom stereocenters. The summed E-state index contributed by atoms with van der Waals surface area (Å²) in [4.78, 5) is 0. The summed E-state index contributed by atoms with van der Waals surface area (Å²) in [5.41, 5.74) is 2.00. The lowest BCUT2D eigenvalue weighted by Gasteiger charge is -2.14. The molecule has 5 nitrogen and oxygen atoms in total. The fraction of sp³-hybridized carbons (Fsp3) is 0.300. The number of ether oxygens (including phenoxy) is 1. The number of benzene rings is 2. The minimum atomic E-state index is -4.35. The maximum atomic E-state index is 12.2. The normalized spacial score (nSPS) is 12.7.